The Kier molecular flexibility index (Phi) is 10.4. The molecule has 0 aliphatic carbocycles. The van der Waals surface area contributed by atoms with E-state index in [0.29, 0.717) is 30.2 Å². The third kappa shape index (κ3) is 9.20. The third-order valence-electron chi connectivity index (χ3n) is 4.01. The predicted octanol–water partition coefficient (Wildman–Crippen LogP) is 5.26. The Morgan fingerprint density at radius 3 is 2.03 bits per heavy atom. The van der Waals surface area contributed by atoms with Crippen molar-refractivity contribution in [3.05, 3.63) is 64.1 Å². The van der Waals surface area contributed by atoms with E-state index in [2.05, 4.69) is 0 Å². The van der Waals surface area contributed by atoms with E-state index in [0.717, 1.165) is 17.0 Å². The van der Waals surface area contributed by atoms with Gasteiger partial charge in [-0.05, 0) is 43.0 Å². The zero-order chi connectivity index (χ0) is 20.9. The first-order valence-corrected chi connectivity index (χ1v) is 10.2. The Labute approximate surface area is 180 Å². The summed E-state index contributed by atoms with van der Waals surface area (Å²) in [5, 5.41) is 1.22. The number of aryl methyl sites for hydroxylation is 1. The van der Waals surface area contributed by atoms with E-state index in [1.165, 1.54) is 0 Å². The Morgan fingerprint density at radius 1 is 0.724 bits per heavy atom. The minimum atomic E-state index is -0.376. The second kappa shape index (κ2) is 13.1. The number of para-hydroxylation sites is 1. The molecule has 0 aliphatic rings. The van der Waals surface area contributed by atoms with Crippen molar-refractivity contribution in [2.24, 2.45) is 0 Å². The highest BCUT2D eigenvalue weighted by atomic mass is 35.5. The van der Waals surface area contributed by atoms with Gasteiger partial charge in [0.15, 0.2) is 0 Å². The van der Waals surface area contributed by atoms with Crippen molar-refractivity contribution in [1.29, 1.82) is 0 Å². The number of hydrogen-bond acceptors (Lipinski definition) is 5. The smallest absolute Gasteiger partial charge is 0.305 e. The van der Waals surface area contributed by atoms with E-state index in [9.17, 15) is 9.59 Å². The number of carbonyl (C=O) groups excluding carboxylic acids is 2. The summed E-state index contributed by atoms with van der Waals surface area (Å²) < 4.78 is 15.7. The first-order valence-electron chi connectivity index (χ1n) is 9.48. The Morgan fingerprint density at radius 2 is 1.34 bits per heavy atom. The van der Waals surface area contributed by atoms with Gasteiger partial charge in [0, 0.05) is 17.9 Å². The van der Waals surface area contributed by atoms with Crippen molar-refractivity contribution in [2.45, 2.75) is 32.1 Å². The highest BCUT2D eigenvalue weighted by Crippen LogP contribution is 2.22. The maximum absolute atomic E-state index is 11.7. The summed E-state index contributed by atoms with van der Waals surface area (Å²) >= 11 is 12.0. The van der Waals surface area contributed by atoms with Crippen LogP contribution in [0.1, 0.15) is 31.2 Å². The minimum Gasteiger partial charge on any atom is -0.488 e. The average Bonchev–Trinajstić information content (AvgIpc) is 2.71. The Hall–Kier alpha value is -2.24. The summed E-state index contributed by atoms with van der Waals surface area (Å²) in [6, 6.07) is 14.7. The third-order valence-corrected chi connectivity index (χ3v) is 4.69. The van der Waals surface area contributed by atoms with Gasteiger partial charge in [0.05, 0.1) is 11.6 Å². The molecule has 5 nitrogen and oxygen atoms in total. The topological polar surface area (TPSA) is 61.8 Å². The molecule has 0 radical (unpaired) electrons. The van der Waals surface area contributed by atoms with E-state index in [-0.39, 0.29) is 38.0 Å². The Bertz CT molecular complexity index is 729. The van der Waals surface area contributed by atoms with Crippen molar-refractivity contribution in [3.63, 3.8) is 0 Å². The lowest BCUT2D eigenvalue weighted by atomic mass is 10.1. The second-order valence-corrected chi connectivity index (χ2v) is 7.08. The molecule has 0 saturated heterocycles. The van der Waals surface area contributed by atoms with Gasteiger partial charge in [-0.25, -0.2) is 0 Å². The first-order chi connectivity index (χ1) is 14.1. The molecule has 0 fully saturated rings. The molecule has 2 rings (SSSR count). The van der Waals surface area contributed by atoms with Gasteiger partial charge < -0.3 is 14.2 Å². The molecular weight excluding hydrogens is 415 g/mol. The molecule has 2 aromatic rings. The van der Waals surface area contributed by atoms with Crippen molar-refractivity contribution in [3.8, 4) is 5.75 Å². The van der Waals surface area contributed by atoms with E-state index < -0.39 is 0 Å². The van der Waals surface area contributed by atoms with Crippen molar-refractivity contribution >= 4 is 35.1 Å². The molecule has 0 heterocycles. The number of carbonyl (C=O) groups is 2. The van der Waals surface area contributed by atoms with Gasteiger partial charge in [-0.3, -0.25) is 9.59 Å². The summed E-state index contributed by atoms with van der Waals surface area (Å²) in [6.07, 6.45) is 2.16. The van der Waals surface area contributed by atoms with Gasteiger partial charge in [0.2, 0.25) is 0 Å². The summed E-state index contributed by atoms with van der Waals surface area (Å²) in [5.74, 6) is -0.152. The normalized spacial score (nSPS) is 10.4. The van der Waals surface area contributed by atoms with Crippen LogP contribution in [-0.4, -0.2) is 31.8 Å². The van der Waals surface area contributed by atoms with Crippen LogP contribution < -0.4 is 4.74 Å². The molecule has 2 aromatic carbocycles. The van der Waals surface area contributed by atoms with Crippen LogP contribution in [0.5, 0.6) is 5.75 Å². The van der Waals surface area contributed by atoms with Crippen LogP contribution in [0.4, 0.5) is 0 Å². The summed E-state index contributed by atoms with van der Waals surface area (Å²) in [7, 11) is 0. The molecule has 0 atom stereocenters. The number of halogens is 2. The fraction of sp³-hybridized carbons (Fsp3) is 0.364. The fourth-order valence-corrected chi connectivity index (χ4v) is 2.96. The highest BCUT2D eigenvalue weighted by molar-refractivity contribution is 6.32. The van der Waals surface area contributed by atoms with E-state index >= 15 is 0 Å². The average molecular weight is 439 g/mol. The van der Waals surface area contributed by atoms with Crippen LogP contribution in [0.15, 0.2) is 48.5 Å². The number of rotatable bonds is 12. The van der Waals surface area contributed by atoms with Crippen molar-refractivity contribution < 1.29 is 23.8 Å². The zero-order valence-corrected chi connectivity index (χ0v) is 17.6. The van der Waals surface area contributed by atoms with Gasteiger partial charge in [-0.15, -0.1) is 0 Å². The van der Waals surface area contributed by atoms with E-state index in [1.54, 1.807) is 18.2 Å². The van der Waals surface area contributed by atoms with Crippen LogP contribution in [0.25, 0.3) is 0 Å². The van der Waals surface area contributed by atoms with Gasteiger partial charge >= 0.3 is 11.9 Å². The molecule has 29 heavy (non-hydrogen) atoms. The molecule has 0 aromatic heterocycles. The summed E-state index contributed by atoms with van der Waals surface area (Å²) in [4.78, 5) is 23.4. The molecule has 0 N–H and O–H groups in total. The lowest BCUT2D eigenvalue weighted by Crippen LogP contribution is -2.13. The van der Waals surface area contributed by atoms with Crippen LogP contribution >= 0.6 is 23.2 Å². The SMILES string of the molecule is O=C(CCCC(=O)OCCOc1ccccc1Cl)OCCCc1ccccc1Cl. The minimum absolute atomic E-state index is 0.122. The van der Waals surface area contributed by atoms with E-state index in [1.807, 2.05) is 30.3 Å². The number of ether oxygens (including phenoxy) is 3. The zero-order valence-electron chi connectivity index (χ0n) is 16.1. The molecule has 7 heteroatoms. The van der Waals surface area contributed by atoms with Gasteiger partial charge in [-0.2, -0.15) is 0 Å². The fourth-order valence-electron chi connectivity index (χ4n) is 2.54. The quantitative estimate of drug-likeness (QED) is 0.334. The van der Waals surface area contributed by atoms with Gasteiger partial charge in [0.1, 0.15) is 19.0 Å². The maximum Gasteiger partial charge on any atom is 0.305 e. The lowest BCUT2D eigenvalue weighted by molar-refractivity contribution is -0.145. The molecule has 0 unspecified atom stereocenters. The number of hydrogen-bond donors (Lipinski definition) is 0. The molecule has 0 spiro atoms. The van der Waals surface area contributed by atoms with Crippen molar-refractivity contribution in [2.75, 3.05) is 19.8 Å². The maximum atomic E-state index is 11.7. The standard InChI is InChI=1S/C22H24Cl2O5/c23-18-9-2-1-7-17(18)8-6-14-28-21(25)12-5-13-22(26)29-16-15-27-20-11-4-3-10-19(20)24/h1-4,7,9-11H,5-6,8,12-16H2. The van der Waals surface area contributed by atoms with Crippen LogP contribution in [0.3, 0.4) is 0 Å². The van der Waals surface area contributed by atoms with Crippen molar-refractivity contribution in [1.82, 2.24) is 0 Å². The van der Waals surface area contributed by atoms with Crippen LogP contribution in [0, 0.1) is 0 Å². The van der Waals surface area contributed by atoms with Crippen LogP contribution in [-0.2, 0) is 25.5 Å². The summed E-state index contributed by atoms with van der Waals surface area (Å²) in [6.45, 7) is 0.660. The lowest BCUT2D eigenvalue weighted by Gasteiger charge is -2.08. The Balaban J connectivity index is 1.48. The molecule has 0 aliphatic heterocycles. The number of esters is 2. The molecule has 0 saturated carbocycles. The van der Waals surface area contributed by atoms with Crippen LogP contribution in [0.2, 0.25) is 10.0 Å². The first kappa shape index (κ1) is 23.0. The molecule has 156 valence electrons. The second-order valence-electron chi connectivity index (χ2n) is 6.27. The largest absolute Gasteiger partial charge is 0.488 e. The number of benzene rings is 2. The predicted molar refractivity (Wildman–Crippen MR) is 112 cm³/mol. The van der Waals surface area contributed by atoms with Gasteiger partial charge in [-0.1, -0.05) is 53.5 Å². The molecule has 0 bridgehead atoms. The van der Waals surface area contributed by atoms with Gasteiger partial charge in [0.25, 0.3) is 0 Å². The molecule has 0 amide bonds. The molecular formula is C22H24Cl2O5. The monoisotopic (exact) mass is 438 g/mol. The van der Waals surface area contributed by atoms with E-state index in [4.69, 9.17) is 37.4 Å². The summed E-state index contributed by atoms with van der Waals surface area (Å²) in [5.41, 5.74) is 1.03. The highest BCUT2D eigenvalue weighted by Gasteiger charge is 2.08.